The molecular formula is C11H13N3O4S. The van der Waals surface area contributed by atoms with Crippen LogP contribution in [0, 0.1) is 0 Å². The number of thioether (sulfide) groups is 1. The van der Waals surface area contributed by atoms with E-state index in [4.69, 9.17) is 4.74 Å². The van der Waals surface area contributed by atoms with Crippen LogP contribution in [0.15, 0.2) is 9.95 Å². The minimum absolute atomic E-state index is 0.00560. The third kappa shape index (κ3) is 2.48. The Morgan fingerprint density at radius 3 is 2.68 bits per heavy atom. The van der Waals surface area contributed by atoms with Crippen molar-refractivity contribution in [3.63, 3.8) is 0 Å². The molecule has 2 rings (SSSR count). The summed E-state index contributed by atoms with van der Waals surface area (Å²) in [6.07, 6.45) is 0. The molecule has 8 heteroatoms. The van der Waals surface area contributed by atoms with Crippen LogP contribution < -0.4 is 15.2 Å². The van der Waals surface area contributed by atoms with Gasteiger partial charge in [0.15, 0.2) is 10.8 Å². The minimum Gasteiger partial charge on any atom is -0.405 e. The predicted octanol–water partition coefficient (Wildman–Crippen LogP) is 0.257. The number of nitrogens with zero attached hydrogens (tertiary/aromatic N) is 3. The molecule has 0 aliphatic carbocycles. The van der Waals surface area contributed by atoms with E-state index in [1.54, 1.807) is 0 Å². The molecule has 0 saturated carbocycles. The molecule has 0 unspecified atom stereocenters. The van der Waals surface area contributed by atoms with Gasteiger partial charge in [0.05, 0.1) is 0 Å². The average Bonchev–Trinajstić information content (AvgIpc) is 2.76. The maximum Gasteiger partial charge on any atom is 0.309 e. The summed E-state index contributed by atoms with van der Waals surface area (Å²) in [5, 5.41) is 0.502. The highest BCUT2D eigenvalue weighted by Gasteiger charge is 2.26. The SMILES string of the molecule is CC(=O)Oc1nc2n(c(=O)c1N(C)C(C)=O)CCS2. The van der Waals surface area contributed by atoms with Gasteiger partial charge in [-0.15, -0.1) is 0 Å². The number of rotatable bonds is 2. The van der Waals surface area contributed by atoms with Crippen molar-refractivity contribution in [1.29, 1.82) is 0 Å². The molecule has 19 heavy (non-hydrogen) atoms. The fraction of sp³-hybridized carbons (Fsp3) is 0.455. The van der Waals surface area contributed by atoms with Gasteiger partial charge in [-0.25, -0.2) is 0 Å². The Bertz CT molecular complexity index is 611. The number of amides is 1. The first-order valence-corrected chi connectivity index (χ1v) is 6.60. The lowest BCUT2D eigenvalue weighted by Gasteiger charge is -2.18. The molecule has 1 aliphatic rings. The Morgan fingerprint density at radius 2 is 2.11 bits per heavy atom. The molecule has 0 bridgehead atoms. The molecule has 0 fully saturated rings. The number of hydrogen-bond acceptors (Lipinski definition) is 6. The van der Waals surface area contributed by atoms with Crippen molar-refractivity contribution in [2.24, 2.45) is 0 Å². The van der Waals surface area contributed by atoms with Gasteiger partial charge in [-0.3, -0.25) is 19.0 Å². The van der Waals surface area contributed by atoms with E-state index in [0.29, 0.717) is 11.7 Å². The van der Waals surface area contributed by atoms with Crippen LogP contribution in [-0.2, 0) is 16.1 Å². The summed E-state index contributed by atoms with van der Waals surface area (Å²) in [4.78, 5) is 40.1. The summed E-state index contributed by atoms with van der Waals surface area (Å²) in [6.45, 7) is 3.08. The van der Waals surface area contributed by atoms with Crippen molar-refractivity contribution in [2.45, 2.75) is 25.5 Å². The van der Waals surface area contributed by atoms with Gasteiger partial charge in [0, 0.05) is 33.2 Å². The molecule has 0 aromatic carbocycles. The summed E-state index contributed by atoms with van der Waals surface area (Å²) < 4.78 is 6.43. The van der Waals surface area contributed by atoms with E-state index < -0.39 is 5.97 Å². The highest BCUT2D eigenvalue weighted by atomic mass is 32.2. The Balaban J connectivity index is 2.64. The number of fused-ring (bicyclic) bond motifs is 1. The lowest BCUT2D eigenvalue weighted by Crippen LogP contribution is -2.34. The second-order valence-corrected chi connectivity index (χ2v) is 5.09. The van der Waals surface area contributed by atoms with Gasteiger partial charge in [0.25, 0.3) is 11.4 Å². The lowest BCUT2D eigenvalue weighted by atomic mass is 10.4. The fourth-order valence-electron chi connectivity index (χ4n) is 1.69. The summed E-state index contributed by atoms with van der Waals surface area (Å²) in [7, 11) is 1.45. The fourth-order valence-corrected chi connectivity index (χ4v) is 2.63. The molecule has 1 aromatic heterocycles. The van der Waals surface area contributed by atoms with Crippen LogP contribution in [0.3, 0.4) is 0 Å². The van der Waals surface area contributed by atoms with Gasteiger partial charge in [-0.2, -0.15) is 4.98 Å². The average molecular weight is 283 g/mol. The van der Waals surface area contributed by atoms with Crippen LogP contribution in [0.4, 0.5) is 5.69 Å². The number of anilines is 1. The van der Waals surface area contributed by atoms with Crippen molar-refractivity contribution in [3.8, 4) is 5.88 Å². The summed E-state index contributed by atoms with van der Waals surface area (Å²) in [6, 6.07) is 0. The Morgan fingerprint density at radius 1 is 1.42 bits per heavy atom. The Kier molecular flexibility index (Phi) is 3.61. The number of carbonyl (C=O) groups is 2. The normalized spacial score (nSPS) is 13.0. The molecule has 1 aromatic rings. The zero-order valence-corrected chi connectivity index (χ0v) is 11.6. The third-order valence-electron chi connectivity index (χ3n) is 2.67. The Hall–Kier alpha value is -1.83. The highest BCUT2D eigenvalue weighted by Crippen LogP contribution is 2.29. The molecule has 0 spiro atoms. The zero-order chi connectivity index (χ0) is 14.2. The number of esters is 1. The van der Waals surface area contributed by atoms with Crippen LogP contribution in [0.1, 0.15) is 13.8 Å². The second-order valence-electron chi connectivity index (χ2n) is 4.03. The standard InChI is InChI=1S/C11H13N3O4S/c1-6(15)13(3)8-9(18-7(2)16)12-11-14(10(8)17)4-5-19-11/h4-5H2,1-3H3. The smallest absolute Gasteiger partial charge is 0.309 e. The monoisotopic (exact) mass is 283 g/mol. The predicted molar refractivity (Wildman–Crippen MR) is 69.6 cm³/mol. The zero-order valence-electron chi connectivity index (χ0n) is 10.8. The first-order chi connectivity index (χ1) is 8.91. The van der Waals surface area contributed by atoms with E-state index >= 15 is 0 Å². The minimum atomic E-state index is -0.585. The van der Waals surface area contributed by atoms with Crippen molar-refractivity contribution < 1.29 is 14.3 Å². The van der Waals surface area contributed by atoms with Gasteiger partial charge in [-0.1, -0.05) is 11.8 Å². The molecule has 2 heterocycles. The molecule has 102 valence electrons. The number of ether oxygens (including phenoxy) is 1. The van der Waals surface area contributed by atoms with Gasteiger partial charge in [0.2, 0.25) is 5.91 Å². The van der Waals surface area contributed by atoms with Crippen molar-refractivity contribution in [1.82, 2.24) is 9.55 Å². The molecule has 7 nitrogen and oxygen atoms in total. The molecule has 0 N–H and O–H groups in total. The second kappa shape index (κ2) is 5.04. The largest absolute Gasteiger partial charge is 0.405 e. The summed E-state index contributed by atoms with van der Waals surface area (Å²) >= 11 is 1.41. The molecule has 1 aliphatic heterocycles. The number of aromatic nitrogens is 2. The van der Waals surface area contributed by atoms with Gasteiger partial charge in [0.1, 0.15) is 0 Å². The van der Waals surface area contributed by atoms with Crippen LogP contribution in [0.25, 0.3) is 0 Å². The summed E-state index contributed by atoms with van der Waals surface area (Å²) in [5.41, 5.74) is -0.377. The molecular weight excluding hydrogens is 270 g/mol. The summed E-state index contributed by atoms with van der Waals surface area (Å²) in [5.74, 6) is -0.304. The molecule has 0 saturated heterocycles. The van der Waals surface area contributed by atoms with E-state index in [2.05, 4.69) is 4.98 Å². The van der Waals surface area contributed by atoms with E-state index in [-0.39, 0.29) is 23.0 Å². The first-order valence-electron chi connectivity index (χ1n) is 5.62. The van der Waals surface area contributed by atoms with E-state index in [0.717, 1.165) is 10.7 Å². The van der Waals surface area contributed by atoms with Crippen molar-refractivity contribution >= 4 is 29.3 Å². The maximum atomic E-state index is 12.3. The van der Waals surface area contributed by atoms with Gasteiger partial charge >= 0.3 is 5.97 Å². The molecule has 0 radical (unpaired) electrons. The lowest BCUT2D eigenvalue weighted by molar-refractivity contribution is -0.132. The number of hydrogen-bond donors (Lipinski definition) is 0. The van der Waals surface area contributed by atoms with Crippen LogP contribution in [0.5, 0.6) is 5.88 Å². The number of carbonyl (C=O) groups excluding carboxylic acids is 2. The van der Waals surface area contributed by atoms with Crippen LogP contribution >= 0.6 is 11.8 Å². The highest BCUT2D eigenvalue weighted by molar-refractivity contribution is 7.99. The Labute approximate surface area is 113 Å². The van der Waals surface area contributed by atoms with Gasteiger partial charge in [-0.05, 0) is 0 Å². The van der Waals surface area contributed by atoms with E-state index in [1.807, 2.05) is 0 Å². The topological polar surface area (TPSA) is 81.5 Å². The van der Waals surface area contributed by atoms with Crippen molar-refractivity contribution in [2.75, 3.05) is 17.7 Å². The third-order valence-corrected chi connectivity index (χ3v) is 3.63. The first kappa shape index (κ1) is 13.6. The van der Waals surface area contributed by atoms with E-state index in [1.165, 1.54) is 37.2 Å². The van der Waals surface area contributed by atoms with Crippen molar-refractivity contribution in [3.05, 3.63) is 10.4 Å². The quantitative estimate of drug-likeness (QED) is 0.572. The van der Waals surface area contributed by atoms with Gasteiger partial charge < -0.3 is 9.64 Å². The molecule has 0 atom stereocenters. The van der Waals surface area contributed by atoms with E-state index in [9.17, 15) is 14.4 Å². The molecule has 1 amide bonds. The van der Waals surface area contributed by atoms with Crippen LogP contribution in [-0.4, -0.2) is 34.2 Å². The maximum absolute atomic E-state index is 12.3. The van der Waals surface area contributed by atoms with Crippen LogP contribution in [0.2, 0.25) is 0 Å².